The molecule has 0 N–H and O–H groups in total. The molecule has 0 aliphatic carbocycles. The maximum atomic E-state index is 12.4. The van der Waals surface area contributed by atoms with Crippen LogP contribution in [0, 0.1) is 5.92 Å². The molecule has 0 radical (unpaired) electrons. The van der Waals surface area contributed by atoms with Crippen LogP contribution in [0.25, 0.3) is 6.08 Å². The monoisotopic (exact) mass is 380 g/mol. The molecule has 2 aliphatic heterocycles. The zero-order chi connectivity index (χ0) is 17.8. The summed E-state index contributed by atoms with van der Waals surface area (Å²) in [6.07, 6.45) is 7.03. The van der Waals surface area contributed by atoms with Crippen LogP contribution in [0.15, 0.2) is 24.3 Å². The van der Waals surface area contributed by atoms with E-state index in [1.807, 2.05) is 15.9 Å². The molecule has 2 saturated heterocycles. The summed E-state index contributed by atoms with van der Waals surface area (Å²) in [4.78, 5) is 28.6. The highest BCUT2D eigenvalue weighted by molar-refractivity contribution is 6.42. The van der Waals surface area contributed by atoms with Crippen molar-refractivity contribution in [3.8, 4) is 0 Å². The van der Waals surface area contributed by atoms with E-state index in [1.165, 1.54) is 0 Å². The lowest BCUT2D eigenvalue weighted by atomic mass is 9.95. The Morgan fingerprint density at radius 2 is 1.64 bits per heavy atom. The van der Waals surface area contributed by atoms with E-state index in [0.29, 0.717) is 23.1 Å². The van der Waals surface area contributed by atoms with Crippen LogP contribution in [-0.2, 0) is 9.59 Å². The Labute approximate surface area is 158 Å². The minimum Gasteiger partial charge on any atom is -0.342 e. The number of hydrogen-bond donors (Lipinski definition) is 0. The molecule has 134 valence electrons. The molecule has 4 nitrogen and oxygen atoms in total. The number of rotatable bonds is 3. The maximum absolute atomic E-state index is 12.4. The van der Waals surface area contributed by atoms with Gasteiger partial charge in [-0.25, -0.2) is 0 Å². The number of benzene rings is 1. The van der Waals surface area contributed by atoms with Gasteiger partial charge in [0.2, 0.25) is 11.8 Å². The van der Waals surface area contributed by atoms with Crippen molar-refractivity contribution >= 4 is 41.1 Å². The number of halogens is 2. The third-order valence-electron chi connectivity index (χ3n) is 4.94. The van der Waals surface area contributed by atoms with Gasteiger partial charge in [0.15, 0.2) is 0 Å². The topological polar surface area (TPSA) is 40.6 Å². The van der Waals surface area contributed by atoms with E-state index in [2.05, 4.69) is 0 Å². The zero-order valence-corrected chi connectivity index (χ0v) is 15.6. The van der Waals surface area contributed by atoms with E-state index in [9.17, 15) is 9.59 Å². The highest BCUT2D eigenvalue weighted by atomic mass is 35.5. The van der Waals surface area contributed by atoms with Gasteiger partial charge in [0, 0.05) is 38.2 Å². The molecule has 2 fully saturated rings. The predicted octanol–water partition coefficient (Wildman–Crippen LogP) is 3.87. The third kappa shape index (κ3) is 4.56. The Bertz CT molecular complexity index is 676. The molecule has 1 aromatic rings. The Hall–Kier alpha value is -1.52. The average Bonchev–Trinajstić information content (AvgIpc) is 3.16. The standard InChI is InChI=1S/C19H22Cl2N2O2/c20-16-5-3-14(13-17(16)21)4-6-18(24)22-11-7-15(8-12-22)19(25)23-9-1-2-10-23/h3-6,13,15H,1-2,7-12H2/b6-4+. The molecule has 2 amide bonds. The molecule has 1 aromatic carbocycles. The molecule has 2 heterocycles. The van der Waals surface area contributed by atoms with Gasteiger partial charge in [-0.2, -0.15) is 0 Å². The fourth-order valence-electron chi connectivity index (χ4n) is 3.43. The molecule has 2 aliphatic rings. The smallest absolute Gasteiger partial charge is 0.246 e. The molecule has 0 bridgehead atoms. The van der Waals surface area contributed by atoms with Crippen molar-refractivity contribution < 1.29 is 9.59 Å². The van der Waals surface area contributed by atoms with E-state index in [-0.39, 0.29) is 17.7 Å². The van der Waals surface area contributed by atoms with Gasteiger partial charge in [-0.3, -0.25) is 9.59 Å². The number of piperidine rings is 1. The second-order valence-corrected chi connectivity index (χ2v) is 7.45. The predicted molar refractivity (Wildman–Crippen MR) is 101 cm³/mol. The van der Waals surface area contributed by atoms with E-state index >= 15 is 0 Å². The van der Waals surface area contributed by atoms with Crippen LogP contribution >= 0.6 is 23.2 Å². The number of carbonyl (C=O) groups excluding carboxylic acids is 2. The SMILES string of the molecule is O=C(/C=C/c1ccc(Cl)c(Cl)c1)N1CCC(C(=O)N2CCCC2)CC1. The van der Waals surface area contributed by atoms with Gasteiger partial charge in [-0.05, 0) is 49.5 Å². The minimum atomic E-state index is -0.0295. The third-order valence-corrected chi connectivity index (χ3v) is 5.67. The van der Waals surface area contributed by atoms with Gasteiger partial charge < -0.3 is 9.80 Å². The summed E-state index contributed by atoms with van der Waals surface area (Å²) in [5.74, 6) is 0.315. The highest BCUT2D eigenvalue weighted by Crippen LogP contribution is 2.24. The highest BCUT2D eigenvalue weighted by Gasteiger charge is 2.30. The summed E-state index contributed by atoms with van der Waals surface area (Å²) in [6, 6.07) is 5.26. The van der Waals surface area contributed by atoms with Crippen LogP contribution in [-0.4, -0.2) is 47.8 Å². The molecule has 0 aromatic heterocycles. The summed E-state index contributed by atoms with van der Waals surface area (Å²) in [7, 11) is 0. The Kier molecular flexibility index (Phi) is 6.02. The quantitative estimate of drug-likeness (QED) is 0.746. The Morgan fingerprint density at radius 1 is 0.960 bits per heavy atom. The molecule has 0 atom stereocenters. The van der Waals surface area contributed by atoms with E-state index in [0.717, 1.165) is 44.3 Å². The lowest BCUT2D eigenvalue weighted by Crippen LogP contribution is -2.43. The summed E-state index contributed by atoms with van der Waals surface area (Å²) in [5, 5.41) is 0.965. The Morgan fingerprint density at radius 3 is 2.28 bits per heavy atom. The fraction of sp³-hybridized carbons (Fsp3) is 0.474. The minimum absolute atomic E-state index is 0.0295. The summed E-state index contributed by atoms with van der Waals surface area (Å²) < 4.78 is 0. The van der Waals surface area contributed by atoms with Crippen molar-refractivity contribution in [1.29, 1.82) is 0 Å². The van der Waals surface area contributed by atoms with Crippen LogP contribution in [0.2, 0.25) is 10.0 Å². The largest absolute Gasteiger partial charge is 0.342 e. The van der Waals surface area contributed by atoms with E-state index in [4.69, 9.17) is 23.2 Å². The molecule has 0 spiro atoms. The van der Waals surface area contributed by atoms with Crippen LogP contribution in [0.5, 0.6) is 0 Å². The van der Waals surface area contributed by atoms with Crippen LogP contribution < -0.4 is 0 Å². The first-order valence-corrected chi connectivity index (χ1v) is 9.51. The van der Waals surface area contributed by atoms with Crippen molar-refractivity contribution in [2.75, 3.05) is 26.2 Å². The van der Waals surface area contributed by atoms with E-state index in [1.54, 1.807) is 24.3 Å². The molecular formula is C19H22Cl2N2O2. The first-order valence-electron chi connectivity index (χ1n) is 8.75. The number of nitrogens with zero attached hydrogens (tertiary/aromatic N) is 2. The molecule has 0 unspecified atom stereocenters. The first kappa shape index (κ1) is 18.3. The maximum Gasteiger partial charge on any atom is 0.246 e. The molecular weight excluding hydrogens is 359 g/mol. The van der Waals surface area contributed by atoms with Crippen LogP contribution in [0.1, 0.15) is 31.2 Å². The lowest BCUT2D eigenvalue weighted by molar-refractivity contribution is -0.138. The summed E-state index contributed by atoms with van der Waals surface area (Å²) in [5.41, 5.74) is 0.835. The van der Waals surface area contributed by atoms with Crippen molar-refractivity contribution in [3.63, 3.8) is 0 Å². The van der Waals surface area contributed by atoms with Gasteiger partial charge in [0.25, 0.3) is 0 Å². The number of amides is 2. The van der Waals surface area contributed by atoms with Gasteiger partial charge in [-0.15, -0.1) is 0 Å². The normalized spacial score (nSPS) is 19.0. The number of carbonyl (C=O) groups is 2. The average molecular weight is 381 g/mol. The van der Waals surface area contributed by atoms with Crippen molar-refractivity contribution in [2.45, 2.75) is 25.7 Å². The molecule has 3 rings (SSSR count). The fourth-order valence-corrected chi connectivity index (χ4v) is 3.74. The van der Waals surface area contributed by atoms with E-state index < -0.39 is 0 Å². The molecule has 25 heavy (non-hydrogen) atoms. The molecule has 0 saturated carbocycles. The van der Waals surface area contributed by atoms with Crippen molar-refractivity contribution in [2.24, 2.45) is 5.92 Å². The summed E-state index contributed by atoms with van der Waals surface area (Å²) in [6.45, 7) is 3.05. The Balaban J connectivity index is 1.51. The molecule has 6 heteroatoms. The number of likely N-dealkylation sites (tertiary alicyclic amines) is 2. The second-order valence-electron chi connectivity index (χ2n) is 6.64. The van der Waals surface area contributed by atoms with Gasteiger partial charge in [0.05, 0.1) is 10.0 Å². The lowest BCUT2D eigenvalue weighted by Gasteiger charge is -2.32. The van der Waals surface area contributed by atoms with Gasteiger partial charge in [0.1, 0.15) is 0 Å². The van der Waals surface area contributed by atoms with Crippen LogP contribution in [0.3, 0.4) is 0 Å². The zero-order valence-electron chi connectivity index (χ0n) is 14.1. The number of hydrogen-bond acceptors (Lipinski definition) is 2. The van der Waals surface area contributed by atoms with Gasteiger partial charge >= 0.3 is 0 Å². The first-order chi connectivity index (χ1) is 12.0. The second kappa shape index (κ2) is 8.24. The van der Waals surface area contributed by atoms with Crippen molar-refractivity contribution in [3.05, 3.63) is 39.9 Å². The van der Waals surface area contributed by atoms with Gasteiger partial charge in [-0.1, -0.05) is 29.3 Å². The van der Waals surface area contributed by atoms with Crippen LogP contribution in [0.4, 0.5) is 0 Å². The van der Waals surface area contributed by atoms with Crippen molar-refractivity contribution in [1.82, 2.24) is 9.80 Å². The summed E-state index contributed by atoms with van der Waals surface area (Å²) >= 11 is 11.9.